The second-order valence-electron chi connectivity index (χ2n) is 5.46. The number of hydrogen-bond acceptors (Lipinski definition) is 6. The van der Waals surface area contributed by atoms with Gasteiger partial charge < -0.3 is 14.5 Å². The minimum atomic E-state index is -0.284. The quantitative estimate of drug-likeness (QED) is 0.608. The van der Waals surface area contributed by atoms with E-state index in [1.165, 1.54) is 13.3 Å². The summed E-state index contributed by atoms with van der Waals surface area (Å²) >= 11 is 0. The van der Waals surface area contributed by atoms with Gasteiger partial charge in [-0.3, -0.25) is 9.78 Å². The van der Waals surface area contributed by atoms with Crippen molar-refractivity contribution in [1.82, 2.24) is 15.0 Å². The van der Waals surface area contributed by atoms with Gasteiger partial charge in [0.1, 0.15) is 5.75 Å². The van der Waals surface area contributed by atoms with Crippen LogP contribution in [0.3, 0.4) is 0 Å². The van der Waals surface area contributed by atoms with Crippen molar-refractivity contribution in [2.45, 2.75) is 0 Å². The first-order valence-corrected chi connectivity index (χ1v) is 7.86. The van der Waals surface area contributed by atoms with E-state index in [0.29, 0.717) is 39.7 Å². The van der Waals surface area contributed by atoms with Gasteiger partial charge in [0.2, 0.25) is 5.89 Å². The second kappa shape index (κ2) is 6.64. The Morgan fingerprint density at radius 2 is 2.04 bits per heavy atom. The van der Waals surface area contributed by atoms with Crippen LogP contribution in [-0.2, 0) is 0 Å². The van der Waals surface area contributed by atoms with Crippen molar-refractivity contribution in [3.63, 3.8) is 0 Å². The number of anilines is 1. The molecule has 0 unspecified atom stereocenters. The van der Waals surface area contributed by atoms with Crippen molar-refractivity contribution >= 4 is 22.8 Å². The topological polar surface area (TPSA) is 90.1 Å². The van der Waals surface area contributed by atoms with Gasteiger partial charge >= 0.3 is 0 Å². The zero-order chi connectivity index (χ0) is 17.9. The Morgan fingerprint density at radius 3 is 2.81 bits per heavy atom. The number of nitrogens with zero attached hydrogens (tertiary/aromatic N) is 3. The Labute approximate surface area is 148 Å². The molecule has 7 nitrogen and oxygen atoms in total. The molecule has 3 heterocycles. The molecule has 1 N–H and O–H groups in total. The molecule has 0 atom stereocenters. The van der Waals surface area contributed by atoms with E-state index < -0.39 is 0 Å². The smallest absolute Gasteiger partial charge is 0.257 e. The predicted molar refractivity (Wildman–Crippen MR) is 96.0 cm³/mol. The lowest BCUT2D eigenvalue weighted by Crippen LogP contribution is -2.12. The summed E-state index contributed by atoms with van der Waals surface area (Å²) in [6.45, 7) is 0. The van der Waals surface area contributed by atoms with E-state index in [9.17, 15) is 4.79 Å². The van der Waals surface area contributed by atoms with Crippen LogP contribution in [0.15, 0.2) is 65.5 Å². The van der Waals surface area contributed by atoms with Crippen molar-refractivity contribution < 1.29 is 13.9 Å². The highest BCUT2D eigenvalue weighted by atomic mass is 16.5. The summed E-state index contributed by atoms with van der Waals surface area (Å²) in [6, 6.07) is 12.3. The number of aromatic nitrogens is 3. The zero-order valence-corrected chi connectivity index (χ0v) is 13.8. The number of rotatable bonds is 4. The Kier molecular flexibility index (Phi) is 4.03. The maximum absolute atomic E-state index is 12.4. The Hall–Kier alpha value is -3.74. The third-order valence-electron chi connectivity index (χ3n) is 3.78. The molecule has 0 spiro atoms. The first-order chi connectivity index (χ1) is 12.7. The number of oxazole rings is 1. The van der Waals surface area contributed by atoms with Crippen LogP contribution in [0.25, 0.3) is 22.7 Å². The molecule has 26 heavy (non-hydrogen) atoms. The number of nitrogens with one attached hydrogen (secondary N) is 1. The fraction of sp³-hybridized carbons (Fsp3) is 0.0526. The number of benzene rings is 1. The summed E-state index contributed by atoms with van der Waals surface area (Å²) < 4.78 is 11.1. The molecule has 128 valence electrons. The van der Waals surface area contributed by atoms with Crippen LogP contribution in [0, 0.1) is 0 Å². The van der Waals surface area contributed by atoms with E-state index in [4.69, 9.17) is 9.15 Å². The number of carbonyl (C=O) groups is 1. The molecular formula is C19H14N4O3. The molecular weight excluding hydrogens is 332 g/mol. The normalized spacial score (nSPS) is 10.7. The number of carbonyl (C=O) groups excluding carboxylic acids is 1. The lowest BCUT2D eigenvalue weighted by Gasteiger charge is -2.11. The molecule has 0 bridgehead atoms. The third-order valence-corrected chi connectivity index (χ3v) is 3.78. The number of hydrogen-bond donors (Lipinski definition) is 1. The first kappa shape index (κ1) is 15.8. The van der Waals surface area contributed by atoms with Gasteiger partial charge in [-0.2, -0.15) is 4.98 Å². The van der Waals surface area contributed by atoms with E-state index >= 15 is 0 Å². The summed E-state index contributed by atoms with van der Waals surface area (Å²) in [5, 5.41) is 2.83. The van der Waals surface area contributed by atoms with Crippen molar-refractivity contribution in [2.75, 3.05) is 12.4 Å². The molecule has 0 saturated heterocycles. The van der Waals surface area contributed by atoms with Crippen LogP contribution in [0.4, 0.5) is 5.69 Å². The molecule has 1 amide bonds. The minimum absolute atomic E-state index is 0.284. The number of ether oxygens (including phenoxy) is 1. The Morgan fingerprint density at radius 1 is 1.15 bits per heavy atom. The number of amides is 1. The highest BCUT2D eigenvalue weighted by Gasteiger charge is 2.14. The molecule has 0 fully saturated rings. The van der Waals surface area contributed by atoms with E-state index in [-0.39, 0.29) is 5.91 Å². The van der Waals surface area contributed by atoms with Crippen LogP contribution in [0.5, 0.6) is 5.75 Å². The Bertz CT molecular complexity index is 1040. The number of pyridine rings is 2. The van der Waals surface area contributed by atoms with E-state index in [1.54, 1.807) is 48.8 Å². The van der Waals surface area contributed by atoms with Crippen LogP contribution in [-0.4, -0.2) is 28.0 Å². The molecule has 4 aromatic rings. The van der Waals surface area contributed by atoms with Crippen molar-refractivity contribution in [3.05, 3.63) is 66.6 Å². The number of methoxy groups -OCH3 is 1. The van der Waals surface area contributed by atoms with Crippen LogP contribution in [0.1, 0.15) is 10.4 Å². The van der Waals surface area contributed by atoms with Gasteiger partial charge in [-0.05, 0) is 42.5 Å². The van der Waals surface area contributed by atoms with Gasteiger partial charge in [-0.1, -0.05) is 0 Å². The summed E-state index contributed by atoms with van der Waals surface area (Å²) in [4.78, 5) is 24.9. The molecule has 0 radical (unpaired) electrons. The predicted octanol–water partition coefficient (Wildman–Crippen LogP) is 3.55. The van der Waals surface area contributed by atoms with Crippen molar-refractivity contribution in [3.8, 4) is 17.2 Å². The van der Waals surface area contributed by atoms with Crippen molar-refractivity contribution in [2.24, 2.45) is 0 Å². The van der Waals surface area contributed by atoms with Crippen LogP contribution >= 0.6 is 0 Å². The van der Waals surface area contributed by atoms with E-state index in [0.717, 1.165) is 0 Å². The first-order valence-electron chi connectivity index (χ1n) is 7.86. The highest BCUT2D eigenvalue weighted by molar-refractivity contribution is 6.05. The van der Waals surface area contributed by atoms with Gasteiger partial charge in [0.25, 0.3) is 5.91 Å². The van der Waals surface area contributed by atoms with Gasteiger partial charge in [0, 0.05) is 24.2 Å². The average molecular weight is 346 g/mol. The average Bonchev–Trinajstić information content (AvgIpc) is 3.13. The molecule has 0 aliphatic carbocycles. The summed E-state index contributed by atoms with van der Waals surface area (Å²) in [5.74, 6) is 0.659. The summed E-state index contributed by atoms with van der Waals surface area (Å²) in [5.41, 5.74) is 2.78. The molecule has 0 saturated carbocycles. The molecule has 0 aliphatic rings. The number of fused-ring (bicyclic) bond motifs is 1. The van der Waals surface area contributed by atoms with Gasteiger partial charge in [-0.15, -0.1) is 0 Å². The van der Waals surface area contributed by atoms with E-state index in [1.807, 2.05) is 6.07 Å². The second-order valence-corrected chi connectivity index (χ2v) is 5.46. The van der Waals surface area contributed by atoms with Crippen LogP contribution in [0.2, 0.25) is 0 Å². The minimum Gasteiger partial charge on any atom is -0.495 e. The lowest BCUT2D eigenvalue weighted by atomic mass is 10.1. The fourth-order valence-corrected chi connectivity index (χ4v) is 2.52. The standard InChI is InChI=1S/C19H14N4O3/c1-25-15-7-6-12(19-23-17-16(26-19)5-3-9-21-17)10-14(15)22-18(24)13-4-2-8-20-11-13/h2-11H,1H3,(H,22,24). The van der Waals surface area contributed by atoms with Gasteiger partial charge in [0.15, 0.2) is 11.2 Å². The van der Waals surface area contributed by atoms with Gasteiger partial charge in [-0.25, -0.2) is 4.98 Å². The third kappa shape index (κ3) is 2.98. The zero-order valence-electron chi connectivity index (χ0n) is 13.8. The van der Waals surface area contributed by atoms with E-state index in [2.05, 4.69) is 20.3 Å². The molecule has 4 rings (SSSR count). The SMILES string of the molecule is COc1ccc(-c2nc3ncccc3o2)cc1NC(=O)c1cccnc1. The molecule has 7 heteroatoms. The summed E-state index contributed by atoms with van der Waals surface area (Å²) in [7, 11) is 1.54. The highest BCUT2D eigenvalue weighted by Crippen LogP contribution is 2.31. The summed E-state index contributed by atoms with van der Waals surface area (Å²) in [6.07, 6.45) is 4.76. The fourth-order valence-electron chi connectivity index (χ4n) is 2.52. The maximum atomic E-state index is 12.4. The maximum Gasteiger partial charge on any atom is 0.257 e. The van der Waals surface area contributed by atoms with Gasteiger partial charge in [0.05, 0.1) is 18.4 Å². The Balaban J connectivity index is 1.70. The molecule has 0 aliphatic heterocycles. The monoisotopic (exact) mass is 346 g/mol. The molecule has 3 aromatic heterocycles. The largest absolute Gasteiger partial charge is 0.495 e. The lowest BCUT2D eigenvalue weighted by molar-refractivity contribution is 0.102. The molecule has 1 aromatic carbocycles. The van der Waals surface area contributed by atoms with Crippen molar-refractivity contribution in [1.29, 1.82) is 0 Å². The van der Waals surface area contributed by atoms with Crippen LogP contribution < -0.4 is 10.1 Å².